The summed E-state index contributed by atoms with van der Waals surface area (Å²) in [5.74, 6) is -0.726. The third-order valence-electron chi connectivity index (χ3n) is 2.70. The molecule has 2 aromatic carbocycles. The molecule has 1 N–H and O–H groups in total. The maximum absolute atomic E-state index is 12.6. The molecule has 0 aromatic heterocycles. The van der Waals surface area contributed by atoms with E-state index in [2.05, 4.69) is 10.5 Å². The Morgan fingerprint density at radius 1 is 1.14 bits per heavy atom. The van der Waals surface area contributed by atoms with Gasteiger partial charge < -0.3 is 0 Å². The number of amides is 1. The van der Waals surface area contributed by atoms with Crippen molar-refractivity contribution >= 4 is 23.7 Å². The molecule has 0 aliphatic heterocycles. The zero-order valence-electron chi connectivity index (χ0n) is 11.1. The van der Waals surface area contributed by atoms with Gasteiger partial charge in [-0.1, -0.05) is 29.8 Å². The quantitative estimate of drug-likeness (QED) is 0.669. The molecule has 0 unspecified atom stereocenters. The summed E-state index contributed by atoms with van der Waals surface area (Å²) in [4.78, 5) is 11.8. The largest absolute Gasteiger partial charge is 0.416 e. The third kappa shape index (κ3) is 4.33. The van der Waals surface area contributed by atoms with Crippen LogP contribution < -0.4 is 5.43 Å². The van der Waals surface area contributed by atoms with E-state index < -0.39 is 17.6 Å². The first-order valence-electron chi connectivity index (χ1n) is 6.12. The molecule has 0 atom stereocenters. The fraction of sp³-hybridized carbons (Fsp3) is 0.0667. The number of carbonyl (C=O) groups is 1. The Balaban J connectivity index is 2.05. The lowest BCUT2D eigenvalue weighted by molar-refractivity contribution is -0.137. The molecule has 0 aliphatic rings. The second kappa shape index (κ2) is 6.62. The Labute approximate surface area is 129 Å². The van der Waals surface area contributed by atoms with Gasteiger partial charge in [0.1, 0.15) is 0 Å². The van der Waals surface area contributed by atoms with Gasteiger partial charge in [0, 0.05) is 10.6 Å². The zero-order chi connectivity index (χ0) is 16.2. The minimum atomic E-state index is -4.50. The van der Waals surface area contributed by atoms with Gasteiger partial charge in [-0.2, -0.15) is 18.3 Å². The fourth-order valence-electron chi connectivity index (χ4n) is 1.62. The van der Waals surface area contributed by atoms with Crippen LogP contribution in [0.25, 0.3) is 0 Å². The number of alkyl halides is 3. The van der Waals surface area contributed by atoms with Crippen LogP contribution in [0.4, 0.5) is 13.2 Å². The zero-order valence-corrected chi connectivity index (χ0v) is 11.8. The molecule has 0 saturated heterocycles. The monoisotopic (exact) mass is 326 g/mol. The lowest BCUT2D eigenvalue weighted by Crippen LogP contribution is -2.18. The Hall–Kier alpha value is -2.34. The molecule has 3 nitrogen and oxygen atoms in total. The number of hydrogen-bond donors (Lipinski definition) is 1. The first-order valence-corrected chi connectivity index (χ1v) is 6.50. The van der Waals surface area contributed by atoms with Gasteiger partial charge >= 0.3 is 6.18 Å². The molecular formula is C15H10ClF3N2O. The predicted octanol–water partition coefficient (Wildman–Crippen LogP) is 4.12. The summed E-state index contributed by atoms with van der Waals surface area (Å²) in [6.07, 6.45) is -3.13. The van der Waals surface area contributed by atoms with Crippen LogP contribution in [0, 0.1) is 0 Å². The van der Waals surface area contributed by atoms with Gasteiger partial charge in [0.05, 0.1) is 11.8 Å². The molecule has 0 bridgehead atoms. The van der Waals surface area contributed by atoms with Crippen LogP contribution in [0.5, 0.6) is 0 Å². The van der Waals surface area contributed by atoms with Gasteiger partial charge in [0.2, 0.25) is 0 Å². The molecule has 0 fully saturated rings. The van der Waals surface area contributed by atoms with Crippen molar-refractivity contribution in [2.75, 3.05) is 0 Å². The topological polar surface area (TPSA) is 41.5 Å². The Morgan fingerprint density at radius 3 is 2.45 bits per heavy atom. The number of nitrogens with one attached hydrogen (secondary N) is 1. The SMILES string of the molecule is O=C(N/N=C\c1ccc(Cl)cc1)c1cccc(C(F)(F)F)c1. The second-order valence-corrected chi connectivity index (χ2v) is 4.77. The number of nitrogens with zero attached hydrogens (tertiary/aromatic N) is 1. The van der Waals surface area contributed by atoms with Gasteiger partial charge in [-0.15, -0.1) is 0 Å². The van der Waals surface area contributed by atoms with Crippen LogP contribution >= 0.6 is 11.6 Å². The fourth-order valence-corrected chi connectivity index (χ4v) is 1.74. The van der Waals surface area contributed by atoms with Crippen molar-refractivity contribution < 1.29 is 18.0 Å². The smallest absolute Gasteiger partial charge is 0.267 e. The van der Waals surface area contributed by atoms with Gasteiger partial charge in [-0.25, -0.2) is 5.43 Å². The Bertz CT molecular complexity index is 697. The molecule has 22 heavy (non-hydrogen) atoms. The maximum atomic E-state index is 12.6. The van der Waals surface area contributed by atoms with E-state index in [1.165, 1.54) is 18.3 Å². The summed E-state index contributed by atoms with van der Waals surface area (Å²) < 4.78 is 37.7. The molecule has 0 aliphatic carbocycles. The van der Waals surface area contributed by atoms with Crippen molar-refractivity contribution in [3.63, 3.8) is 0 Å². The Kier molecular flexibility index (Phi) is 4.82. The maximum Gasteiger partial charge on any atom is 0.416 e. The lowest BCUT2D eigenvalue weighted by Gasteiger charge is -2.07. The highest BCUT2D eigenvalue weighted by atomic mass is 35.5. The van der Waals surface area contributed by atoms with E-state index in [0.29, 0.717) is 10.6 Å². The van der Waals surface area contributed by atoms with E-state index in [1.807, 2.05) is 0 Å². The van der Waals surface area contributed by atoms with Crippen molar-refractivity contribution in [1.82, 2.24) is 5.43 Å². The second-order valence-electron chi connectivity index (χ2n) is 4.33. The number of hydrogen-bond acceptors (Lipinski definition) is 2. The van der Waals surface area contributed by atoms with Crippen molar-refractivity contribution in [3.05, 3.63) is 70.2 Å². The van der Waals surface area contributed by atoms with Crippen LogP contribution in [0.2, 0.25) is 5.02 Å². The van der Waals surface area contributed by atoms with E-state index in [1.54, 1.807) is 24.3 Å². The van der Waals surface area contributed by atoms with Crippen LogP contribution in [0.15, 0.2) is 53.6 Å². The van der Waals surface area contributed by atoms with E-state index in [-0.39, 0.29) is 5.56 Å². The minimum absolute atomic E-state index is 0.122. The van der Waals surface area contributed by atoms with Crippen LogP contribution in [0.3, 0.4) is 0 Å². The normalized spacial score (nSPS) is 11.6. The summed E-state index contributed by atoms with van der Waals surface area (Å²) >= 11 is 5.72. The Morgan fingerprint density at radius 2 is 1.82 bits per heavy atom. The molecule has 0 heterocycles. The summed E-state index contributed by atoms with van der Waals surface area (Å²) in [5, 5.41) is 4.25. The van der Waals surface area contributed by atoms with E-state index in [9.17, 15) is 18.0 Å². The van der Waals surface area contributed by atoms with Gasteiger partial charge in [0.25, 0.3) is 5.91 Å². The number of halogens is 4. The van der Waals surface area contributed by atoms with E-state index >= 15 is 0 Å². The van der Waals surface area contributed by atoms with Crippen LogP contribution in [0.1, 0.15) is 21.5 Å². The molecule has 0 radical (unpaired) electrons. The van der Waals surface area contributed by atoms with Crippen molar-refractivity contribution in [3.8, 4) is 0 Å². The average Bonchev–Trinajstić information content (AvgIpc) is 2.48. The third-order valence-corrected chi connectivity index (χ3v) is 2.95. The summed E-state index contributed by atoms with van der Waals surface area (Å²) in [6.45, 7) is 0. The number of benzene rings is 2. The summed E-state index contributed by atoms with van der Waals surface area (Å²) in [5.41, 5.74) is 1.85. The highest BCUT2D eigenvalue weighted by molar-refractivity contribution is 6.30. The number of hydrazone groups is 1. The standard InChI is InChI=1S/C15H10ClF3N2O/c16-13-6-4-10(5-7-13)9-20-21-14(22)11-2-1-3-12(8-11)15(17,18)19/h1-9H,(H,21,22)/b20-9-. The van der Waals surface area contributed by atoms with Crippen molar-refractivity contribution in [2.24, 2.45) is 5.10 Å². The number of carbonyl (C=O) groups excluding carboxylic acids is 1. The van der Waals surface area contributed by atoms with E-state index in [0.717, 1.165) is 12.1 Å². The molecule has 114 valence electrons. The van der Waals surface area contributed by atoms with Crippen LogP contribution in [-0.4, -0.2) is 12.1 Å². The highest BCUT2D eigenvalue weighted by Crippen LogP contribution is 2.29. The van der Waals surface area contributed by atoms with Crippen molar-refractivity contribution in [1.29, 1.82) is 0 Å². The highest BCUT2D eigenvalue weighted by Gasteiger charge is 2.30. The molecular weight excluding hydrogens is 317 g/mol. The molecule has 1 amide bonds. The average molecular weight is 327 g/mol. The predicted molar refractivity (Wildman–Crippen MR) is 78.0 cm³/mol. The molecule has 7 heteroatoms. The molecule has 0 spiro atoms. The van der Waals surface area contributed by atoms with Gasteiger partial charge in [-0.3, -0.25) is 4.79 Å². The lowest BCUT2D eigenvalue weighted by atomic mass is 10.1. The summed E-state index contributed by atoms with van der Waals surface area (Å²) in [7, 11) is 0. The summed E-state index contributed by atoms with van der Waals surface area (Å²) in [6, 6.07) is 10.8. The number of rotatable bonds is 3. The van der Waals surface area contributed by atoms with Crippen LogP contribution in [-0.2, 0) is 6.18 Å². The van der Waals surface area contributed by atoms with Crippen molar-refractivity contribution in [2.45, 2.75) is 6.18 Å². The molecule has 2 rings (SSSR count). The first kappa shape index (κ1) is 16.0. The molecule has 2 aromatic rings. The van der Waals surface area contributed by atoms with Gasteiger partial charge in [0.15, 0.2) is 0 Å². The minimum Gasteiger partial charge on any atom is -0.267 e. The first-order chi connectivity index (χ1) is 10.4. The molecule has 0 saturated carbocycles. The van der Waals surface area contributed by atoms with E-state index in [4.69, 9.17) is 11.6 Å². The van der Waals surface area contributed by atoms with Gasteiger partial charge in [-0.05, 0) is 35.9 Å².